The summed E-state index contributed by atoms with van der Waals surface area (Å²) in [5.74, 6) is 0.663. The van der Waals surface area contributed by atoms with Crippen molar-refractivity contribution in [1.82, 2.24) is 9.78 Å². The Kier molecular flexibility index (Phi) is 2.87. The fourth-order valence-electron chi connectivity index (χ4n) is 2.09. The van der Waals surface area contributed by atoms with Gasteiger partial charge >= 0.3 is 0 Å². The van der Waals surface area contributed by atoms with E-state index >= 15 is 0 Å². The number of aromatic nitrogens is 2. The maximum absolute atomic E-state index is 4.63. The van der Waals surface area contributed by atoms with E-state index < -0.39 is 0 Å². The predicted molar refractivity (Wildman–Crippen MR) is 76.0 cm³/mol. The van der Waals surface area contributed by atoms with Crippen LogP contribution in [0.15, 0.2) is 33.2 Å². The Morgan fingerprint density at radius 1 is 1.29 bits per heavy atom. The molecule has 2 nitrogen and oxygen atoms in total. The topological polar surface area (TPSA) is 17.8 Å². The van der Waals surface area contributed by atoms with E-state index in [0.717, 1.165) is 14.6 Å². The largest absolute Gasteiger partial charge is 0.266 e. The number of aryl methyl sites for hydroxylation is 1. The van der Waals surface area contributed by atoms with E-state index in [1.165, 1.54) is 24.1 Å². The summed E-state index contributed by atoms with van der Waals surface area (Å²) < 4.78 is 4.22. The van der Waals surface area contributed by atoms with E-state index in [1.807, 2.05) is 17.8 Å². The monoisotopic (exact) mass is 354 g/mol. The predicted octanol–water partition coefficient (Wildman–Crippen LogP) is 4.49. The lowest BCUT2D eigenvalue weighted by Gasteiger charge is -2.03. The fraction of sp³-hybridized carbons (Fsp3) is 0.308. The number of hydrogen-bond acceptors (Lipinski definition) is 1. The van der Waals surface area contributed by atoms with Crippen molar-refractivity contribution in [2.75, 3.05) is 0 Å². The molecule has 3 rings (SSSR count). The lowest BCUT2D eigenvalue weighted by molar-refractivity contribution is 0.750. The van der Waals surface area contributed by atoms with E-state index in [1.54, 1.807) is 0 Å². The normalized spacial score (nSPS) is 15.2. The first-order valence-corrected chi connectivity index (χ1v) is 7.23. The second kappa shape index (κ2) is 4.25. The van der Waals surface area contributed by atoms with E-state index in [-0.39, 0.29) is 0 Å². The Morgan fingerprint density at radius 3 is 2.71 bits per heavy atom. The number of hydrogen-bond donors (Lipinski definition) is 0. The van der Waals surface area contributed by atoms with Gasteiger partial charge < -0.3 is 0 Å². The summed E-state index contributed by atoms with van der Waals surface area (Å²) in [5.41, 5.74) is 3.56. The van der Waals surface area contributed by atoms with Gasteiger partial charge in [-0.1, -0.05) is 28.1 Å². The number of benzene rings is 1. The molecule has 1 aromatic heterocycles. The maximum Gasteiger partial charge on any atom is 0.0824 e. The third-order valence-electron chi connectivity index (χ3n) is 3.08. The summed E-state index contributed by atoms with van der Waals surface area (Å²) in [5, 5.41) is 4.63. The Hall–Kier alpha value is -0.610. The summed E-state index contributed by atoms with van der Waals surface area (Å²) in [7, 11) is 2.01. The molecule has 0 atom stereocenters. The van der Waals surface area contributed by atoms with Gasteiger partial charge in [-0.15, -0.1) is 0 Å². The fourth-order valence-corrected chi connectivity index (χ4v) is 3.37. The highest BCUT2D eigenvalue weighted by molar-refractivity contribution is 9.11. The highest BCUT2D eigenvalue weighted by atomic mass is 79.9. The molecule has 0 bridgehead atoms. The van der Waals surface area contributed by atoms with Crippen molar-refractivity contribution in [2.24, 2.45) is 7.05 Å². The van der Waals surface area contributed by atoms with Crippen LogP contribution in [0.1, 0.15) is 24.5 Å². The Balaban J connectivity index is 2.13. The molecule has 4 heteroatoms. The van der Waals surface area contributed by atoms with Crippen molar-refractivity contribution < 1.29 is 0 Å². The van der Waals surface area contributed by atoms with Crippen LogP contribution in [0.5, 0.6) is 0 Å². The van der Waals surface area contributed by atoms with E-state index in [9.17, 15) is 0 Å². The van der Waals surface area contributed by atoms with Crippen LogP contribution >= 0.6 is 31.9 Å². The highest BCUT2D eigenvalue weighted by Crippen LogP contribution is 2.45. The molecule has 0 N–H and O–H groups in total. The van der Waals surface area contributed by atoms with Crippen LogP contribution in [-0.4, -0.2) is 9.78 Å². The maximum atomic E-state index is 4.63. The zero-order chi connectivity index (χ0) is 12.0. The van der Waals surface area contributed by atoms with Gasteiger partial charge in [-0.25, -0.2) is 0 Å². The summed E-state index contributed by atoms with van der Waals surface area (Å²) >= 11 is 7.22. The minimum atomic E-state index is 0.663. The molecule has 1 aromatic carbocycles. The second-order valence-electron chi connectivity index (χ2n) is 4.46. The van der Waals surface area contributed by atoms with Gasteiger partial charge in [0.15, 0.2) is 0 Å². The minimum absolute atomic E-state index is 0.663. The third kappa shape index (κ3) is 2.08. The first-order chi connectivity index (χ1) is 8.16. The van der Waals surface area contributed by atoms with Crippen molar-refractivity contribution >= 4 is 31.9 Å². The van der Waals surface area contributed by atoms with Crippen molar-refractivity contribution in [2.45, 2.75) is 18.8 Å². The minimum Gasteiger partial charge on any atom is -0.266 e. The molecule has 1 fully saturated rings. The quantitative estimate of drug-likeness (QED) is 0.776. The molecule has 1 aliphatic carbocycles. The molecule has 0 aliphatic heterocycles. The number of halogens is 2. The molecule has 0 amide bonds. The van der Waals surface area contributed by atoms with Gasteiger partial charge in [0.1, 0.15) is 0 Å². The van der Waals surface area contributed by atoms with Crippen LogP contribution in [0, 0.1) is 0 Å². The van der Waals surface area contributed by atoms with Crippen LogP contribution in [0.25, 0.3) is 11.3 Å². The van der Waals surface area contributed by atoms with E-state index in [4.69, 9.17) is 0 Å². The zero-order valence-corrected chi connectivity index (χ0v) is 12.6. The first kappa shape index (κ1) is 11.5. The summed E-state index contributed by atoms with van der Waals surface area (Å²) in [6.07, 6.45) is 2.54. The molecule has 2 aromatic rings. The average molecular weight is 356 g/mol. The molecule has 0 radical (unpaired) electrons. The average Bonchev–Trinajstić information content (AvgIpc) is 3.06. The standard InChI is InChI=1S/C13H12Br2N2/c1-17-13(9-3-2-4-10(14)7-9)11(15)12(16-17)8-5-6-8/h2-4,7-8H,5-6H2,1H3. The summed E-state index contributed by atoms with van der Waals surface area (Å²) in [6.45, 7) is 0. The number of nitrogens with zero attached hydrogens (tertiary/aromatic N) is 2. The zero-order valence-electron chi connectivity index (χ0n) is 9.45. The van der Waals surface area contributed by atoms with E-state index in [2.05, 4.69) is 55.2 Å². The van der Waals surface area contributed by atoms with Gasteiger partial charge in [0.25, 0.3) is 0 Å². The van der Waals surface area contributed by atoms with Gasteiger partial charge in [0.2, 0.25) is 0 Å². The Morgan fingerprint density at radius 2 is 2.06 bits per heavy atom. The van der Waals surface area contributed by atoms with Crippen LogP contribution in [0.2, 0.25) is 0 Å². The lowest BCUT2D eigenvalue weighted by atomic mass is 10.1. The lowest BCUT2D eigenvalue weighted by Crippen LogP contribution is -1.94. The van der Waals surface area contributed by atoms with Crippen molar-refractivity contribution in [1.29, 1.82) is 0 Å². The Bertz CT molecular complexity index is 571. The highest BCUT2D eigenvalue weighted by Gasteiger charge is 2.30. The summed E-state index contributed by atoms with van der Waals surface area (Å²) in [4.78, 5) is 0. The molecule has 1 heterocycles. The SMILES string of the molecule is Cn1nc(C2CC2)c(Br)c1-c1cccc(Br)c1. The smallest absolute Gasteiger partial charge is 0.0824 e. The van der Waals surface area contributed by atoms with Crippen LogP contribution < -0.4 is 0 Å². The molecular weight excluding hydrogens is 344 g/mol. The molecule has 88 valence electrons. The molecule has 0 saturated heterocycles. The van der Waals surface area contributed by atoms with Gasteiger partial charge in [-0.2, -0.15) is 5.10 Å². The van der Waals surface area contributed by atoms with Crippen molar-refractivity contribution in [3.05, 3.63) is 38.9 Å². The molecule has 0 unspecified atom stereocenters. The van der Waals surface area contributed by atoms with Gasteiger partial charge in [0, 0.05) is 23.0 Å². The van der Waals surface area contributed by atoms with Gasteiger partial charge in [0.05, 0.1) is 15.9 Å². The van der Waals surface area contributed by atoms with E-state index in [0.29, 0.717) is 5.92 Å². The van der Waals surface area contributed by atoms with Crippen molar-refractivity contribution in [3.8, 4) is 11.3 Å². The molecular formula is C13H12Br2N2. The second-order valence-corrected chi connectivity index (χ2v) is 6.16. The Labute approximate surface area is 117 Å². The van der Waals surface area contributed by atoms with Crippen molar-refractivity contribution in [3.63, 3.8) is 0 Å². The first-order valence-electron chi connectivity index (χ1n) is 5.65. The van der Waals surface area contributed by atoms with Gasteiger partial charge in [-0.05, 0) is 40.9 Å². The molecule has 17 heavy (non-hydrogen) atoms. The summed E-state index contributed by atoms with van der Waals surface area (Å²) in [6, 6.07) is 8.33. The number of rotatable bonds is 2. The molecule has 0 spiro atoms. The van der Waals surface area contributed by atoms with Crippen LogP contribution in [0.3, 0.4) is 0 Å². The molecule has 1 saturated carbocycles. The van der Waals surface area contributed by atoms with Crippen LogP contribution in [0.4, 0.5) is 0 Å². The molecule has 1 aliphatic rings. The van der Waals surface area contributed by atoms with Crippen LogP contribution in [-0.2, 0) is 7.05 Å². The van der Waals surface area contributed by atoms with Gasteiger partial charge in [-0.3, -0.25) is 4.68 Å². The third-order valence-corrected chi connectivity index (χ3v) is 4.35.